The quantitative estimate of drug-likeness (QED) is 0.667. The number of hydrogen-bond donors (Lipinski definition) is 1. The van der Waals surface area contributed by atoms with Crippen molar-refractivity contribution in [3.8, 4) is 0 Å². The van der Waals surface area contributed by atoms with Gasteiger partial charge in [-0.1, -0.05) is 33.8 Å². The average Bonchev–Trinajstić information content (AvgIpc) is 2.13. The molecule has 0 heterocycles. The Bertz CT molecular complexity index is 306. The van der Waals surface area contributed by atoms with E-state index in [1.165, 1.54) is 31.3 Å². The van der Waals surface area contributed by atoms with Gasteiger partial charge in [0.25, 0.3) is 0 Å². The van der Waals surface area contributed by atoms with Crippen molar-refractivity contribution in [1.29, 1.82) is 0 Å². The van der Waals surface area contributed by atoms with E-state index in [4.69, 9.17) is 0 Å². The van der Waals surface area contributed by atoms with Crippen molar-refractivity contribution in [2.75, 3.05) is 0 Å². The van der Waals surface area contributed by atoms with E-state index >= 15 is 0 Å². The second-order valence-corrected chi connectivity index (χ2v) is 7.87. The predicted molar refractivity (Wildman–Crippen MR) is 72.9 cm³/mol. The summed E-state index contributed by atoms with van der Waals surface area (Å²) in [6, 6.07) is 0. The van der Waals surface area contributed by atoms with Crippen LogP contribution < -0.4 is 0 Å². The first-order valence-corrected chi connectivity index (χ1v) is 7.15. The molecule has 17 heavy (non-hydrogen) atoms. The van der Waals surface area contributed by atoms with Crippen LogP contribution in [0, 0.1) is 10.8 Å². The number of allylic oxidation sites excluding steroid dienone is 1. The Balaban J connectivity index is 2.26. The molecule has 0 bridgehead atoms. The summed E-state index contributed by atoms with van der Waals surface area (Å²) in [6.07, 6.45) is 10.3. The van der Waals surface area contributed by atoms with E-state index in [0.29, 0.717) is 0 Å². The van der Waals surface area contributed by atoms with Crippen molar-refractivity contribution in [2.45, 2.75) is 78.2 Å². The topological polar surface area (TPSA) is 20.2 Å². The highest BCUT2D eigenvalue weighted by Crippen LogP contribution is 2.53. The van der Waals surface area contributed by atoms with Crippen molar-refractivity contribution in [3.63, 3.8) is 0 Å². The van der Waals surface area contributed by atoms with Crippen molar-refractivity contribution < 1.29 is 5.11 Å². The Hall–Kier alpha value is -0.300. The Morgan fingerprint density at radius 3 is 2.00 bits per heavy atom. The second-order valence-electron chi connectivity index (χ2n) is 7.87. The summed E-state index contributed by atoms with van der Waals surface area (Å²) in [7, 11) is 0. The van der Waals surface area contributed by atoms with Gasteiger partial charge < -0.3 is 5.11 Å². The van der Waals surface area contributed by atoms with Gasteiger partial charge in [-0.15, -0.1) is 0 Å². The summed E-state index contributed by atoms with van der Waals surface area (Å²) in [5, 5.41) is 11.1. The monoisotopic (exact) mass is 236 g/mol. The Labute approximate surface area is 106 Å². The molecule has 2 aliphatic rings. The van der Waals surface area contributed by atoms with Crippen LogP contribution in [0.15, 0.2) is 11.6 Å². The minimum absolute atomic E-state index is 0.259. The molecule has 1 nitrogen and oxygen atoms in total. The van der Waals surface area contributed by atoms with Gasteiger partial charge in [-0.05, 0) is 61.3 Å². The van der Waals surface area contributed by atoms with Crippen LogP contribution in [-0.4, -0.2) is 10.7 Å². The molecule has 0 saturated heterocycles. The van der Waals surface area contributed by atoms with E-state index < -0.39 is 5.60 Å². The molecule has 0 aromatic rings. The van der Waals surface area contributed by atoms with Crippen LogP contribution in [-0.2, 0) is 0 Å². The van der Waals surface area contributed by atoms with Gasteiger partial charge in [-0.2, -0.15) is 0 Å². The zero-order valence-corrected chi connectivity index (χ0v) is 12.0. The van der Waals surface area contributed by atoms with E-state index in [2.05, 4.69) is 33.8 Å². The molecular formula is C16H28O. The summed E-state index contributed by atoms with van der Waals surface area (Å²) < 4.78 is 0. The second kappa shape index (κ2) is 4.12. The molecule has 0 unspecified atom stereocenters. The highest BCUT2D eigenvalue weighted by Gasteiger charge is 2.47. The first-order chi connectivity index (χ1) is 7.73. The molecule has 1 heteroatoms. The van der Waals surface area contributed by atoms with E-state index in [1.807, 2.05) is 0 Å². The fourth-order valence-corrected chi connectivity index (χ4v) is 4.55. The number of hydrogen-bond acceptors (Lipinski definition) is 1. The molecule has 1 saturated carbocycles. The van der Waals surface area contributed by atoms with Crippen molar-refractivity contribution >= 4 is 0 Å². The summed E-state index contributed by atoms with van der Waals surface area (Å²) in [5.74, 6) is 0. The van der Waals surface area contributed by atoms with E-state index in [-0.39, 0.29) is 10.8 Å². The zero-order chi connectivity index (χ0) is 12.7. The smallest absolute Gasteiger partial charge is 0.0866 e. The van der Waals surface area contributed by atoms with Gasteiger partial charge in [0.15, 0.2) is 0 Å². The summed E-state index contributed by atoms with van der Waals surface area (Å²) >= 11 is 0. The normalized spacial score (nSPS) is 30.8. The molecule has 2 rings (SSSR count). The largest absolute Gasteiger partial charge is 0.385 e. The van der Waals surface area contributed by atoms with Crippen LogP contribution in [0.1, 0.15) is 72.6 Å². The predicted octanol–water partition coefficient (Wildman–Crippen LogP) is 4.45. The van der Waals surface area contributed by atoms with Crippen molar-refractivity contribution in [3.05, 3.63) is 11.6 Å². The lowest BCUT2D eigenvalue weighted by atomic mass is 9.57. The molecule has 0 aliphatic heterocycles. The number of rotatable bonds is 1. The third-order valence-corrected chi connectivity index (χ3v) is 4.39. The minimum Gasteiger partial charge on any atom is -0.385 e. The molecule has 1 fully saturated rings. The standard InChI is InChI=1S/C16H28O/c1-14(2)10-15(3,4)12-16(17,11-14)13-8-6-5-7-9-13/h8,17H,5-7,9-12H2,1-4H3. The lowest BCUT2D eigenvalue weighted by Gasteiger charge is -2.51. The molecule has 0 radical (unpaired) electrons. The maximum Gasteiger partial charge on any atom is 0.0866 e. The minimum atomic E-state index is -0.522. The molecule has 1 N–H and O–H groups in total. The zero-order valence-electron chi connectivity index (χ0n) is 12.0. The first-order valence-electron chi connectivity index (χ1n) is 7.15. The van der Waals surface area contributed by atoms with Gasteiger partial charge in [-0.25, -0.2) is 0 Å². The van der Waals surface area contributed by atoms with Gasteiger partial charge in [0, 0.05) is 0 Å². The van der Waals surface area contributed by atoms with Gasteiger partial charge in [0.1, 0.15) is 0 Å². The molecular weight excluding hydrogens is 208 g/mol. The van der Waals surface area contributed by atoms with Crippen LogP contribution in [0.2, 0.25) is 0 Å². The van der Waals surface area contributed by atoms with Crippen LogP contribution >= 0.6 is 0 Å². The Kier molecular flexibility index (Phi) is 3.18. The van der Waals surface area contributed by atoms with Gasteiger partial charge in [0.05, 0.1) is 5.60 Å². The molecule has 0 aromatic heterocycles. The fraction of sp³-hybridized carbons (Fsp3) is 0.875. The highest BCUT2D eigenvalue weighted by molar-refractivity contribution is 5.22. The fourth-order valence-electron chi connectivity index (χ4n) is 4.55. The third kappa shape index (κ3) is 2.93. The summed E-state index contributed by atoms with van der Waals surface area (Å²) in [4.78, 5) is 0. The summed E-state index contributed by atoms with van der Waals surface area (Å²) in [5.41, 5.74) is 1.33. The van der Waals surface area contributed by atoms with Crippen LogP contribution in [0.5, 0.6) is 0 Å². The lowest BCUT2D eigenvalue weighted by molar-refractivity contribution is -0.0633. The van der Waals surface area contributed by atoms with Crippen LogP contribution in [0.4, 0.5) is 0 Å². The van der Waals surface area contributed by atoms with E-state index in [0.717, 1.165) is 19.3 Å². The molecule has 0 aromatic carbocycles. The maximum absolute atomic E-state index is 11.1. The lowest BCUT2D eigenvalue weighted by Crippen LogP contribution is -2.47. The molecule has 98 valence electrons. The van der Waals surface area contributed by atoms with Gasteiger partial charge >= 0.3 is 0 Å². The highest BCUT2D eigenvalue weighted by atomic mass is 16.3. The van der Waals surface area contributed by atoms with Crippen LogP contribution in [0.3, 0.4) is 0 Å². The van der Waals surface area contributed by atoms with Gasteiger partial charge in [-0.3, -0.25) is 0 Å². The molecule has 2 aliphatic carbocycles. The Morgan fingerprint density at radius 1 is 0.941 bits per heavy atom. The molecule has 0 atom stereocenters. The number of aliphatic hydroxyl groups is 1. The molecule has 0 spiro atoms. The third-order valence-electron chi connectivity index (χ3n) is 4.39. The van der Waals surface area contributed by atoms with Gasteiger partial charge in [0.2, 0.25) is 0 Å². The SMILES string of the molecule is CC1(C)CC(C)(C)CC(O)(C2=CCCCC2)C1. The van der Waals surface area contributed by atoms with E-state index in [1.54, 1.807) is 0 Å². The van der Waals surface area contributed by atoms with Crippen LogP contribution in [0.25, 0.3) is 0 Å². The molecule has 0 amide bonds. The van der Waals surface area contributed by atoms with Crippen molar-refractivity contribution in [2.24, 2.45) is 10.8 Å². The van der Waals surface area contributed by atoms with Crippen molar-refractivity contribution in [1.82, 2.24) is 0 Å². The summed E-state index contributed by atoms with van der Waals surface area (Å²) in [6.45, 7) is 9.23. The first kappa shape index (κ1) is 13.1. The Morgan fingerprint density at radius 2 is 1.53 bits per heavy atom. The van der Waals surface area contributed by atoms with E-state index in [9.17, 15) is 5.11 Å². The average molecular weight is 236 g/mol. The maximum atomic E-state index is 11.1.